The second-order valence-corrected chi connectivity index (χ2v) is 5.23. The molecule has 0 aromatic carbocycles. The zero-order chi connectivity index (χ0) is 16.5. The smallest absolute Gasteiger partial charge is 0.407 e. The monoisotopic (exact) mass is 296 g/mol. The molecule has 0 unspecified atom stereocenters. The molecule has 6 nitrogen and oxygen atoms in total. The molecule has 0 saturated carbocycles. The fourth-order valence-electron chi connectivity index (χ4n) is 1.16. The van der Waals surface area contributed by atoms with Gasteiger partial charge in [-0.2, -0.15) is 0 Å². The maximum Gasteiger partial charge on any atom is 0.407 e. The predicted molar refractivity (Wildman–Crippen MR) is 81.7 cm³/mol. The zero-order valence-corrected chi connectivity index (χ0v) is 13.1. The van der Waals surface area contributed by atoms with Crippen LogP contribution in [0.2, 0.25) is 0 Å². The number of alkyl carbamates (subject to hydrolysis) is 1. The second-order valence-electron chi connectivity index (χ2n) is 5.23. The first kappa shape index (κ1) is 18.8. The second kappa shape index (κ2) is 8.84. The van der Waals surface area contributed by atoms with E-state index in [2.05, 4.69) is 28.5 Å². The molecule has 0 bridgehead atoms. The molecule has 6 heteroatoms. The number of esters is 1. The number of carbonyl (C=O) groups is 2. The van der Waals surface area contributed by atoms with E-state index >= 15 is 0 Å². The largest absolute Gasteiger partial charge is 0.465 e. The lowest BCUT2D eigenvalue weighted by Crippen LogP contribution is -2.36. The highest BCUT2D eigenvalue weighted by atomic mass is 16.6. The lowest BCUT2D eigenvalue weighted by Gasteiger charge is -2.19. The summed E-state index contributed by atoms with van der Waals surface area (Å²) in [6.07, 6.45) is 2.64. The van der Waals surface area contributed by atoms with Crippen LogP contribution in [0.4, 0.5) is 4.79 Å². The van der Waals surface area contributed by atoms with E-state index in [0.717, 1.165) is 0 Å². The number of rotatable bonds is 7. The first-order valence-corrected chi connectivity index (χ1v) is 6.50. The summed E-state index contributed by atoms with van der Waals surface area (Å²) in [5.74, 6) is -0.495. The van der Waals surface area contributed by atoms with Crippen molar-refractivity contribution in [1.29, 1.82) is 0 Å². The normalized spacial score (nSPS) is 10.9. The van der Waals surface area contributed by atoms with Crippen LogP contribution in [0.25, 0.3) is 0 Å². The van der Waals surface area contributed by atoms with Gasteiger partial charge in [-0.3, -0.25) is 0 Å². The third kappa shape index (κ3) is 10.2. The van der Waals surface area contributed by atoms with Crippen molar-refractivity contribution < 1.29 is 19.1 Å². The summed E-state index contributed by atoms with van der Waals surface area (Å²) in [6, 6.07) is 0. The first-order chi connectivity index (χ1) is 9.65. The number of nitrogens with one attached hydrogen (secondary N) is 2. The van der Waals surface area contributed by atoms with Gasteiger partial charge in [-0.25, -0.2) is 9.59 Å². The van der Waals surface area contributed by atoms with E-state index in [1.54, 1.807) is 26.8 Å². The minimum absolute atomic E-state index is 0.229. The molecule has 0 heterocycles. The van der Waals surface area contributed by atoms with Gasteiger partial charge in [-0.05, 0) is 32.9 Å². The molecule has 0 aliphatic carbocycles. The number of hydrogen-bond acceptors (Lipinski definition) is 5. The van der Waals surface area contributed by atoms with Crippen molar-refractivity contribution in [3.63, 3.8) is 0 Å². The van der Waals surface area contributed by atoms with Gasteiger partial charge in [0.2, 0.25) is 0 Å². The lowest BCUT2D eigenvalue weighted by molar-refractivity contribution is -0.135. The molecule has 0 spiro atoms. The van der Waals surface area contributed by atoms with Gasteiger partial charge >= 0.3 is 12.1 Å². The average Bonchev–Trinajstić information content (AvgIpc) is 2.37. The Morgan fingerprint density at radius 3 is 2.19 bits per heavy atom. The van der Waals surface area contributed by atoms with E-state index < -0.39 is 17.7 Å². The van der Waals surface area contributed by atoms with Crippen LogP contribution in [0, 0.1) is 0 Å². The van der Waals surface area contributed by atoms with E-state index in [4.69, 9.17) is 4.74 Å². The van der Waals surface area contributed by atoms with E-state index in [9.17, 15) is 9.59 Å². The zero-order valence-electron chi connectivity index (χ0n) is 13.1. The van der Waals surface area contributed by atoms with Gasteiger partial charge in [0, 0.05) is 18.8 Å². The maximum atomic E-state index is 11.4. The molecule has 0 aliphatic heterocycles. The highest BCUT2D eigenvalue weighted by Crippen LogP contribution is 2.06. The van der Waals surface area contributed by atoms with E-state index in [-0.39, 0.29) is 5.57 Å². The Balaban J connectivity index is 3.91. The van der Waals surface area contributed by atoms with Crippen LogP contribution < -0.4 is 10.6 Å². The molecule has 1 amide bonds. The van der Waals surface area contributed by atoms with Crippen molar-refractivity contribution in [1.82, 2.24) is 10.6 Å². The fraction of sp³-hybridized carbons (Fsp3) is 0.467. The van der Waals surface area contributed by atoms with Crippen molar-refractivity contribution in [3.05, 3.63) is 36.6 Å². The van der Waals surface area contributed by atoms with Crippen molar-refractivity contribution in [2.45, 2.75) is 26.4 Å². The average molecular weight is 296 g/mol. The van der Waals surface area contributed by atoms with Crippen molar-refractivity contribution in [2.75, 3.05) is 20.2 Å². The Hall–Kier alpha value is -2.24. The number of allylic oxidation sites excluding steroid dienone is 1. The fourth-order valence-corrected chi connectivity index (χ4v) is 1.16. The number of ether oxygens (including phenoxy) is 2. The van der Waals surface area contributed by atoms with Crippen LogP contribution in [0.5, 0.6) is 0 Å². The van der Waals surface area contributed by atoms with E-state index in [1.807, 2.05) is 0 Å². The highest BCUT2D eigenvalue weighted by molar-refractivity contribution is 5.90. The molecule has 118 valence electrons. The van der Waals surface area contributed by atoms with Gasteiger partial charge in [0.15, 0.2) is 0 Å². The molecular formula is C15H24N2O4. The molecule has 0 aliphatic rings. The Morgan fingerprint density at radius 1 is 1.10 bits per heavy atom. The molecule has 0 fully saturated rings. The third-order valence-corrected chi connectivity index (χ3v) is 2.08. The number of methoxy groups -OCH3 is 1. The van der Waals surface area contributed by atoms with E-state index in [0.29, 0.717) is 18.8 Å². The van der Waals surface area contributed by atoms with Crippen LogP contribution in [0.1, 0.15) is 20.8 Å². The summed E-state index contributed by atoms with van der Waals surface area (Å²) < 4.78 is 9.59. The van der Waals surface area contributed by atoms with Gasteiger partial charge in [-0.1, -0.05) is 13.2 Å². The maximum absolute atomic E-state index is 11.4. The Morgan fingerprint density at radius 2 is 1.67 bits per heavy atom. The summed E-state index contributed by atoms with van der Waals surface area (Å²) in [7, 11) is 1.29. The Kier molecular flexibility index (Phi) is 7.89. The molecular weight excluding hydrogens is 272 g/mol. The minimum Gasteiger partial charge on any atom is -0.465 e. The summed E-state index contributed by atoms with van der Waals surface area (Å²) in [5, 5.41) is 5.57. The van der Waals surface area contributed by atoms with Crippen LogP contribution in [-0.2, 0) is 14.3 Å². The topological polar surface area (TPSA) is 76.7 Å². The van der Waals surface area contributed by atoms with Crippen LogP contribution in [0.15, 0.2) is 36.6 Å². The van der Waals surface area contributed by atoms with Crippen molar-refractivity contribution >= 4 is 12.1 Å². The van der Waals surface area contributed by atoms with Crippen LogP contribution >= 0.6 is 0 Å². The molecule has 21 heavy (non-hydrogen) atoms. The summed E-state index contributed by atoms with van der Waals surface area (Å²) in [5.41, 5.74) is 0.302. The van der Waals surface area contributed by atoms with Gasteiger partial charge in [0.1, 0.15) is 5.60 Å². The lowest BCUT2D eigenvalue weighted by atomic mass is 10.2. The van der Waals surface area contributed by atoms with Crippen molar-refractivity contribution in [3.8, 4) is 0 Å². The standard InChI is InChI=1S/C15H24N2O4/c1-11(13(18)20-6)7-8-12(2)16-9-10-17-14(19)21-15(3,4)5/h7-8,16H,1-2,9-10H2,3-6H3,(H,17,19)/b8-7-. The summed E-state index contributed by atoms with van der Waals surface area (Å²) >= 11 is 0. The molecule has 0 rings (SSSR count). The Labute approximate surface area is 125 Å². The molecule has 0 aromatic heterocycles. The van der Waals surface area contributed by atoms with Crippen LogP contribution in [-0.4, -0.2) is 37.9 Å². The third-order valence-electron chi connectivity index (χ3n) is 2.08. The number of hydrogen-bond donors (Lipinski definition) is 2. The summed E-state index contributed by atoms with van der Waals surface area (Å²) in [4.78, 5) is 22.5. The number of carbonyl (C=O) groups excluding carboxylic acids is 2. The predicted octanol–water partition coefficient (Wildman–Crippen LogP) is 1.90. The Bertz CT molecular complexity index is 433. The minimum atomic E-state index is -0.516. The molecule has 0 radical (unpaired) electrons. The molecule has 0 saturated heterocycles. The molecule has 2 N–H and O–H groups in total. The van der Waals surface area contributed by atoms with Gasteiger partial charge < -0.3 is 20.1 Å². The van der Waals surface area contributed by atoms with Gasteiger partial charge in [0.05, 0.1) is 12.7 Å². The van der Waals surface area contributed by atoms with Gasteiger partial charge in [0.25, 0.3) is 0 Å². The molecule has 0 atom stereocenters. The SMILES string of the molecule is C=C(/C=C\C(=C)C(=O)OC)NCCNC(=O)OC(C)(C)C. The first-order valence-electron chi connectivity index (χ1n) is 6.50. The molecule has 0 aromatic rings. The highest BCUT2D eigenvalue weighted by Gasteiger charge is 2.15. The van der Waals surface area contributed by atoms with Gasteiger partial charge in [-0.15, -0.1) is 0 Å². The van der Waals surface area contributed by atoms with Crippen molar-refractivity contribution in [2.24, 2.45) is 0 Å². The van der Waals surface area contributed by atoms with E-state index in [1.165, 1.54) is 13.2 Å². The van der Waals surface area contributed by atoms with Crippen LogP contribution in [0.3, 0.4) is 0 Å². The number of amides is 1. The summed E-state index contributed by atoms with van der Waals surface area (Å²) in [6.45, 7) is 13.6. The quantitative estimate of drug-likeness (QED) is 0.325.